The van der Waals surface area contributed by atoms with Gasteiger partial charge in [-0.05, 0) is 24.5 Å². The first-order valence-corrected chi connectivity index (χ1v) is 6.79. The molecule has 0 aromatic heterocycles. The van der Waals surface area contributed by atoms with Crippen molar-refractivity contribution in [1.82, 2.24) is 0 Å². The Labute approximate surface area is 108 Å². The van der Waals surface area contributed by atoms with Gasteiger partial charge in [0.25, 0.3) is 0 Å². The number of alkyl halides is 3. The van der Waals surface area contributed by atoms with Crippen LogP contribution in [-0.2, 0) is 16.2 Å². The molecule has 19 heavy (non-hydrogen) atoms. The smallest absolute Gasteiger partial charge is 0.423 e. The molecular formula is C9H11BF3NO4S. The molecule has 0 atom stereocenters. The zero-order chi connectivity index (χ0) is 14.8. The molecule has 5 nitrogen and oxygen atoms in total. The summed E-state index contributed by atoms with van der Waals surface area (Å²) in [6, 6.07) is 2.04. The molecule has 106 valence electrons. The fraction of sp³-hybridized carbons (Fsp3) is 0.333. The lowest BCUT2D eigenvalue weighted by molar-refractivity contribution is -0.137. The first kappa shape index (κ1) is 15.8. The minimum atomic E-state index is -4.72. The monoisotopic (exact) mass is 297 g/mol. The standard InChI is InChI=1S/C9H11BF3NO4S/c1-2-19(17,18)14-8-4-6(9(11,12)13)3-7(5-8)10(15)16/h3-5,14-16H,2H2,1H3. The van der Waals surface area contributed by atoms with Gasteiger partial charge in [0, 0.05) is 5.69 Å². The minimum Gasteiger partial charge on any atom is -0.423 e. The minimum absolute atomic E-state index is 0.319. The highest BCUT2D eigenvalue weighted by atomic mass is 32.2. The Bertz CT molecular complexity index is 559. The Balaban J connectivity index is 3.29. The average Bonchev–Trinajstić information content (AvgIpc) is 2.26. The Morgan fingerprint density at radius 3 is 2.26 bits per heavy atom. The summed E-state index contributed by atoms with van der Waals surface area (Å²) >= 11 is 0. The molecule has 3 N–H and O–H groups in total. The molecule has 0 saturated carbocycles. The van der Waals surface area contributed by atoms with E-state index >= 15 is 0 Å². The van der Waals surface area contributed by atoms with Crippen LogP contribution in [0.15, 0.2) is 18.2 Å². The molecule has 0 radical (unpaired) electrons. The number of hydrogen-bond acceptors (Lipinski definition) is 4. The predicted octanol–water partition coefficient (Wildman–Crippen LogP) is 0.147. The molecule has 0 aliphatic rings. The molecule has 1 aromatic carbocycles. The van der Waals surface area contributed by atoms with Gasteiger partial charge in [-0.25, -0.2) is 8.42 Å². The highest BCUT2D eigenvalue weighted by molar-refractivity contribution is 7.92. The van der Waals surface area contributed by atoms with E-state index in [0.29, 0.717) is 12.1 Å². The molecule has 0 heterocycles. The summed E-state index contributed by atoms with van der Waals surface area (Å²) in [6.45, 7) is 1.32. The maximum Gasteiger partial charge on any atom is 0.488 e. The van der Waals surface area contributed by atoms with Gasteiger partial charge in [-0.2, -0.15) is 13.2 Å². The van der Waals surface area contributed by atoms with Crippen LogP contribution in [0.4, 0.5) is 18.9 Å². The highest BCUT2D eigenvalue weighted by Crippen LogP contribution is 2.30. The van der Waals surface area contributed by atoms with Gasteiger partial charge >= 0.3 is 13.3 Å². The number of nitrogens with one attached hydrogen (secondary N) is 1. The van der Waals surface area contributed by atoms with Crippen molar-refractivity contribution in [3.05, 3.63) is 23.8 Å². The second kappa shape index (κ2) is 5.39. The van der Waals surface area contributed by atoms with Crippen molar-refractivity contribution < 1.29 is 31.6 Å². The molecule has 1 rings (SSSR count). The van der Waals surface area contributed by atoms with Crippen molar-refractivity contribution in [2.45, 2.75) is 13.1 Å². The molecular weight excluding hydrogens is 286 g/mol. The Morgan fingerprint density at radius 2 is 1.84 bits per heavy atom. The first-order valence-electron chi connectivity index (χ1n) is 5.14. The molecule has 0 unspecified atom stereocenters. The summed E-state index contributed by atoms with van der Waals surface area (Å²) in [7, 11) is -5.89. The van der Waals surface area contributed by atoms with Gasteiger partial charge in [-0.3, -0.25) is 4.72 Å². The van der Waals surface area contributed by atoms with E-state index in [2.05, 4.69) is 0 Å². The predicted molar refractivity (Wildman–Crippen MR) is 64.4 cm³/mol. The zero-order valence-electron chi connectivity index (χ0n) is 9.77. The molecule has 1 aromatic rings. The number of hydrogen-bond donors (Lipinski definition) is 3. The molecule has 0 aliphatic carbocycles. The van der Waals surface area contributed by atoms with Crippen molar-refractivity contribution >= 4 is 28.3 Å². The second-order valence-corrected chi connectivity index (χ2v) is 5.73. The van der Waals surface area contributed by atoms with E-state index in [9.17, 15) is 21.6 Å². The van der Waals surface area contributed by atoms with Crippen LogP contribution >= 0.6 is 0 Å². The lowest BCUT2D eigenvalue weighted by atomic mass is 9.79. The normalized spacial score (nSPS) is 12.3. The van der Waals surface area contributed by atoms with E-state index in [1.807, 2.05) is 4.72 Å². The molecule has 0 spiro atoms. The number of anilines is 1. The molecule has 10 heteroatoms. The zero-order valence-corrected chi connectivity index (χ0v) is 10.6. The third-order valence-corrected chi connectivity index (χ3v) is 3.54. The van der Waals surface area contributed by atoms with E-state index in [-0.39, 0.29) is 11.4 Å². The third-order valence-electron chi connectivity index (χ3n) is 2.23. The summed E-state index contributed by atoms with van der Waals surface area (Å²) in [5.74, 6) is -0.319. The maximum absolute atomic E-state index is 12.6. The summed E-state index contributed by atoms with van der Waals surface area (Å²) in [5.41, 5.74) is -2.00. The van der Waals surface area contributed by atoms with Gasteiger partial charge < -0.3 is 10.0 Å². The topological polar surface area (TPSA) is 86.6 Å². The SMILES string of the molecule is CCS(=O)(=O)Nc1cc(B(O)O)cc(C(F)(F)F)c1. The van der Waals surface area contributed by atoms with Gasteiger partial charge in [0.2, 0.25) is 10.0 Å². The van der Waals surface area contributed by atoms with Crippen LogP contribution in [0.3, 0.4) is 0 Å². The summed E-state index contributed by atoms with van der Waals surface area (Å²) in [5, 5.41) is 17.8. The van der Waals surface area contributed by atoms with E-state index in [1.54, 1.807) is 0 Å². The number of rotatable bonds is 4. The Morgan fingerprint density at radius 1 is 1.26 bits per heavy atom. The lowest BCUT2D eigenvalue weighted by Crippen LogP contribution is -2.31. The van der Waals surface area contributed by atoms with Crippen molar-refractivity contribution in [3.63, 3.8) is 0 Å². The van der Waals surface area contributed by atoms with E-state index in [0.717, 1.165) is 6.07 Å². The van der Waals surface area contributed by atoms with E-state index < -0.39 is 34.3 Å². The van der Waals surface area contributed by atoms with Crippen LogP contribution in [0.25, 0.3) is 0 Å². The summed E-state index contributed by atoms with van der Waals surface area (Å²) in [4.78, 5) is 0. The number of halogens is 3. The third kappa shape index (κ3) is 4.41. The van der Waals surface area contributed by atoms with E-state index in [4.69, 9.17) is 10.0 Å². The van der Waals surface area contributed by atoms with Gasteiger partial charge in [-0.15, -0.1) is 0 Å². The van der Waals surface area contributed by atoms with Gasteiger partial charge in [0.15, 0.2) is 0 Å². The summed E-state index contributed by atoms with van der Waals surface area (Å²) < 4.78 is 62.3. The molecule has 0 saturated heterocycles. The molecule has 0 amide bonds. The van der Waals surface area contributed by atoms with E-state index in [1.165, 1.54) is 6.92 Å². The van der Waals surface area contributed by atoms with Crippen LogP contribution in [0.2, 0.25) is 0 Å². The van der Waals surface area contributed by atoms with Gasteiger partial charge in [0.1, 0.15) is 0 Å². The van der Waals surface area contributed by atoms with Crippen molar-refractivity contribution in [2.75, 3.05) is 10.5 Å². The molecule has 0 fully saturated rings. The Hall–Kier alpha value is -1.26. The van der Waals surface area contributed by atoms with Crippen molar-refractivity contribution in [2.24, 2.45) is 0 Å². The molecule has 0 bridgehead atoms. The Kier molecular flexibility index (Phi) is 4.48. The maximum atomic E-state index is 12.6. The summed E-state index contributed by atoms with van der Waals surface area (Å²) in [6.07, 6.45) is -4.72. The number of sulfonamides is 1. The van der Waals surface area contributed by atoms with Crippen LogP contribution in [0, 0.1) is 0 Å². The van der Waals surface area contributed by atoms with Crippen LogP contribution < -0.4 is 10.2 Å². The van der Waals surface area contributed by atoms with Crippen molar-refractivity contribution in [3.8, 4) is 0 Å². The molecule has 0 aliphatic heterocycles. The van der Waals surface area contributed by atoms with Gasteiger partial charge in [0.05, 0.1) is 11.3 Å². The van der Waals surface area contributed by atoms with Crippen LogP contribution in [0.5, 0.6) is 0 Å². The first-order chi connectivity index (χ1) is 8.55. The van der Waals surface area contributed by atoms with Crippen molar-refractivity contribution in [1.29, 1.82) is 0 Å². The largest absolute Gasteiger partial charge is 0.488 e. The van der Waals surface area contributed by atoms with Crippen LogP contribution in [-0.4, -0.2) is 31.3 Å². The lowest BCUT2D eigenvalue weighted by Gasteiger charge is -2.13. The average molecular weight is 297 g/mol. The fourth-order valence-electron chi connectivity index (χ4n) is 1.28. The highest BCUT2D eigenvalue weighted by Gasteiger charge is 2.32. The van der Waals surface area contributed by atoms with Gasteiger partial charge in [-0.1, -0.05) is 6.07 Å². The van der Waals surface area contributed by atoms with Crippen LogP contribution in [0.1, 0.15) is 12.5 Å². The second-order valence-electron chi connectivity index (χ2n) is 3.72. The number of benzene rings is 1. The fourth-order valence-corrected chi connectivity index (χ4v) is 1.90. The quantitative estimate of drug-likeness (QED) is 0.690.